The van der Waals surface area contributed by atoms with Crippen LogP contribution in [-0.2, 0) is 0 Å². The van der Waals surface area contributed by atoms with E-state index in [9.17, 15) is 4.79 Å². The first-order chi connectivity index (χ1) is 11.1. The van der Waals surface area contributed by atoms with E-state index in [0.29, 0.717) is 12.3 Å². The number of benzene rings is 4. The Balaban J connectivity index is 1.98. The lowest BCUT2D eigenvalue weighted by Crippen LogP contribution is -2.02. The van der Waals surface area contributed by atoms with Crippen molar-refractivity contribution in [1.29, 1.82) is 0 Å². The molecule has 0 atom stereocenters. The molecule has 0 aliphatic heterocycles. The molecular formula is C22H20O. The predicted molar refractivity (Wildman–Crippen MR) is 98.5 cm³/mol. The van der Waals surface area contributed by atoms with Crippen molar-refractivity contribution in [3.63, 3.8) is 0 Å². The fraction of sp³-hybridized carbons (Fsp3) is 0.227. The van der Waals surface area contributed by atoms with E-state index in [2.05, 4.69) is 62.4 Å². The van der Waals surface area contributed by atoms with E-state index in [0.717, 1.165) is 17.4 Å². The van der Waals surface area contributed by atoms with Gasteiger partial charge in [-0.25, -0.2) is 0 Å². The van der Waals surface area contributed by atoms with Crippen molar-refractivity contribution in [2.45, 2.75) is 26.7 Å². The van der Waals surface area contributed by atoms with Gasteiger partial charge in [0, 0.05) is 12.0 Å². The van der Waals surface area contributed by atoms with Gasteiger partial charge < -0.3 is 0 Å². The van der Waals surface area contributed by atoms with Crippen LogP contribution in [0.25, 0.3) is 32.3 Å². The standard InChI is InChI=1S/C22H20O/c1-14(2)6-13-20(23)18-11-9-17-8-7-15-4-3-5-16-10-12-19(18)22(17)21(15)16/h3-5,7-12,14H,6,13H2,1-2H3. The summed E-state index contributed by atoms with van der Waals surface area (Å²) in [5.74, 6) is 0.815. The fourth-order valence-electron chi connectivity index (χ4n) is 3.53. The van der Waals surface area contributed by atoms with E-state index in [1.165, 1.54) is 26.9 Å². The summed E-state index contributed by atoms with van der Waals surface area (Å²) >= 11 is 0. The lowest BCUT2D eigenvalue weighted by Gasteiger charge is -2.13. The Hall–Kier alpha value is -2.41. The third-order valence-electron chi connectivity index (χ3n) is 4.78. The molecule has 4 aromatic rings. The van der Waals surface area contributed by atoms with Crippen LogP contribution in [0.5, 0.6) is 0 Å². The van der Waals surface area contributed by atoms with Crippen LogP contribution in [-0.4, -0.2) is 5.78 Å². The first-order valence-electron chi connectivity index (χ1n) is 8.35. The zero-order valence-corrected chi connectivity index (χ0v) is 13.6. The van der Waals surface area contributed by atoms with Gasteiger partial charge in [0.1, 0.15) is 0 Å². The van der Waals surface area contributed by atoms with Gasteiger partial charge >= 0.3 is 0 Å². The molecule has 0 saturated carbocycles. The summed E-state index contributed by atoms with van der Waals surface area (Å²) in [6.07, 6.45) is 1.57. The number of carbonyl (C=O) groups is 1. The highest BCUT2D eigenvalue weighted by molar-refractivity contribution is 6.26. The molecule has 0 bridgehead atoms. The van der Waals surface area contributed by atoms with Crippen LogP contribution in [0, 0.1) is 5.92 Å². The highest BCUT2D eigenvalue weighted by Gasteiger charge is 2.15. The van der Waals surface area contributed by atoms with Crippen molar-refractivity contribution in [2.24, 2.45) is 5.92 Å². The summed E-state index contributed by atoms with van der Waals surface area (Å²) in [6.45, 7) is 4.33. The molecule has 0 saturated heterocycles. The van der Waals surface area contributed by atoms with E-state index >= 15 is 0 Å². The van der Waals surface area contributed by atoms with Crippen LogP contribution in [0.3, 0.4) is 0 Å². The molecule has 0 N–H and O–H groups in total. The molecule has 114 valence electrons. The molecule has 0 aliphatic rings. The number of hydrogen-bond acceptors (Lipinski definition) is 1. The normalized spacial score (nSPS) is 12.0. The summed E-state index contributed by atoms with van der Waals surface area (Å²) in [4.78, 5) is 12.7. The molecule has 0 amide bonds. The Morgan fingerprint density at radius 2 is 1.43 bits per heavy atom. The van der Waals surface area contributed by atoms with Crippen LogP contribution in [0.1, 0.15) is 37.0 Å². The third-order valence-corrected chi connectivity index (χ3v) is 4.78. The van der Waals surface area contributed by atoms with Crippen LogP contribution in [0.15, 0.2) is 54.6 Å². The van der Waals surface area contributed by atoms with Crippen molar-refractivity contribution in [1.82, 2.24) is 0 Å². The lowest BCUT2D eigenvalue weighted by atomic mass is 9.90. The fourth-order valence-corrected chi connectivity index (χ4v) is 3.53. The maximum atomic E-state index is 12.7. The molecule has 0 spiro atoms. The molecule has 0 aromatic heterocycles. The molecule has 4 rings (SSSR count). The molecule has 0 radical (unpaired) electrons. The van der Waals surface area contributed by atoms with Gasteiger partial charge in [-0.15, -0.1) is 0 Å². The van der Waals surface area contributed by atoms with Gasteiger partial charge in [-0.05, 0) is 44.7 Å². The maximum absolute atomic E-state index is 12.7. The Labute approximate surface area is 136 Å². The molecule has 1 nitrogen and oxygen atoms in total. The van der Waals surface area contributed by atoms with Gasteiger partial charge in [0.2, 0.25) is 0 Å². The Morgan fingerprint density at radius 1 is 0.826 bits per heavy atom. The van der Waals surface area contributed by atoms with Crippen molar-refractivity contribution < 1.29 is 4.79 Å². The Kier molecular flexibility index (Phi) is 3.30. The maximum Gasteiger partial charge on any atom is 0.163 e. The summed E-state index contributed by atoms with van der Waals surface area (Å²) in [5, 5.41) is 7.31. The van der Waals surface area contributed by atoms with E-state index in [1.807, 2.05) is 6.07 Å². The highest BCUT2D eigenvalue weighted by Crippen LogP contribution is 2.36. The Bertz CT molecular complexity index is 995. The number of Topliss-reactive ketones (excluding diaryl/α,β-unsaturated/α-hetero) is 1. The summed E-state index contributed by atoms with van der Waals surface area (Å²) in [5.41, 5.74) is 0.872. The zero-order valence-electron chi connectivity index (χ0n) is 13.6. The first kappa shape index (κ1) is 14.2. The number of carbonyl (C=O) groups excluding carboxylic acids is 1. The minimum atomic E-state index is 0.261. The lowest BCUT2D eigenvalue weighted by molar-refractivity contribution is 0.0977. The smallest absolute Gasteiger partial charge is 0.163 e. The third kappa shape index (κ3) is 2.28. The van der Waals surface area contributed by atoms with Gasteiger partial charge in [-0.2, -0.15) is 0 Å². The van der Waals surface area contributed by atoms with Gasteiger partial charge in [0.05, 0.1) is 0 Å². The van der Waals surface area contributed by atoms with Crippen LogP contribution in [0.4, 0.5) is 0 Å². The van der Waals surface area contributed by atoms with Gasteiger partial charge in [-0.1, -0.05) is 68.4 Å². The topological polar surface area (TPSA) is 17.1 Å². The second kappa shape index (κ2) is 5.34. The summed E-state index contributed by atoms with van der Waals surface area (Å²) < 4.78 is 0. The molecule has 23 heavy (non-hydrogen) atoms. The molecule has 0 heterocycles. The van der Waals surface area contributed by atoms with Crippen LogP contribution in [0.2, 0.25) is 0 Å². The molecule has 0 unspecified atom stereocenters. The number of hydrogen-bond donors (Lipinski definition) is 0. The minimum absolute atomic E-state index is 0.261. The van der Waals surface area contributed by atoms with Gasteiger partial charge in [-0.3, -0.25) is 4.79 Å². The molecular weight excluding hydrogens is 280 g/mol. The van der Waals surface area contributed by atoms with E-state index in [1.54, 1.807) is 0 Å². The monoisotopic (exact) mass is 300 g/mol. The van der Waals surface area contributed by atoms with E-state index in [-0.39, 0.29) is 5.78 Å². The van der Waals surface area contributed by atoms with Gasteiger partial charge in [0.25, 0.3) is 0 Å². The summed E-state index contributed by atoms with van der Waals surface area (Å²) in [6, 6.07) is 19.1. The van der Waals surface area contributed by atoms with Gasteiger partial charge in [0.15, 0.2) is 5.78 Å². The summed E-state index contributed by atoms with van der Waals surface area (Å²) in [7, 11) is 0. The quantitative estimate of drug-likeness (QED) is 0.324. The number of rotatable bonds is 4. The number of ketones is 1. The molecule has 0 fully saturated rings. The SMILES string of the molecule is CC(C)CCC(=O)c1ccc2ccc3cccc4ccc1c2c34. The van der Waals surface area contributed by atoms with Crippen molar-refractivity contribution in [3.8, 4) is 0 Å². The largest absolute Gasteiger partial charge is 0.294 e. The predicted octanol–water partition coefficient (Wildman–Crippen LogP) is 6.20. The highest BCUT2D eigenvalue weighted by atomic mass is 16.1. The molecule has 1 heteroatoms. The zero-order chi connectivity index (χ0) is 16.0. The first-order valence-corrected chi connectivity index (χ1v) is 8.35. The second-order valence-corrected chi connectivity index (χ2v) is 6.82. The van der Waals surface area contributed by atoms with E-state index in [4.69, 9.17) is 0 Å². The molecule has 4 aromatic carbocycles. The van der Waals surface area contributed by atoms with Crippen LogP contribution < -0.4 is 0 Å². The van der Waals surface area contributed by atoms with Crippen LogP contribution >= 0.6 is 0 Å². The van der Waals surface area contributed by atoms with E-state index < -0.39 is 0 Å². The Morgan fingerprint density at radius 3 is 2.13 bits per heavy atom. The van der Waals surface area contributed by atoms with Crippen molar-refractivity contribution in [3.05, 3.63) is 60.2 Å². The van der Waals surface area contributed by atoms with Crippen molar-refractivity contribution in [2.75, 3.05) is 0 Å². The molecule has 0 aliphatic carbocycles. The second-order valence-electron chi connectivity index (χ2n) is 6.82. The minimum Gasteiger partial charge on any atom is -0.294 e. The van der Waals surface area contributed by atoms with Crippen molar-refractivity contribution >= 4 is 38.1 Å². The average molecular weight is 300 g/mol. The average Bonchev–Trinajstić information content (AvgIpc) is 2.57.